The highest BCUT2D eigenvalue weighted by Gasteiger charge is 2.27. The average Bonchev–Trinajstić information content (AvgIpc) is 3.37. The van der Waals surface area contributed by atoms with Crippen molar-refractivity contribution in [2.75, 3.05) is 5.32 Å². The maximum absolute atomic E-state index is 5.39. The van der Waals surface area contributed by atoms with Gasteiger partial charge in [0.2, 0.25) is 0 Å². The Labute approximate surface area is 363 Å². The monoisotopic (exact) mass is 793 g/mol. The molecule has 0 saturated heterocycles. The summed E-state index contributed by atoms with van der Waals surface area (Å²) >= 11 is 0. The lowest BCUT2D eigenvalue weighted by Gasteiger charge is -2.30. The first kappa shape index (κ1) is 37.1. The molecule has 3 heteroatoms. The number of allylic oxidation sites excluding steroid dienone is 4. The molecule has 1 atom stereocenters. The zero-order valence-electron chi connectivity index (χ0n) is 34.2. The fourth-order valence-electron chi connectivity index (χ4n) is 9.09. The van der Waals surface area contributed by atoms with Crippen LogP contribution in [0, 0.1) is 0 Å². The highest BCUT2D eigenvalue weighted by atomic mass is 14.9. The Morgan fingerprint density at radius 1 is 0.468 bits per heavy atom. The molecule has 0 bridgehead atoms. The van der Waals surface area contributed by atoms with Crippen molar-refractivity contribution in [1.29, 1.82) is 0 Å². The normalized spacial score (nSPS) is 14.6. The van der Waals surface area contributed by atoms with Gasteiger partial charge in [-0.3, -0.25) is 0 Å². The van der Waals surface area contributed by atoms with E-state index in [1.165, 1.54) is 49.7 Å². The Morgan fingerprint density at radius 2 is 1.03 bits per heavy atom. The van der Waals surface area contributed by atoms with Gasteiger partial charge in [0, 0.05) is 27.8 Å². The molecule has 2 heterocycles. The molecule has 62 heavy (non-hydrogen) atoms. The molecule has 0 saturated carbocycles. The van der Waals surface area contributed by atoms with Gasteiger partial charge < -0.3 is 5.32 Å². The number of hydrogen-bond acceptors (Lipinski definition) is 3. The van der Waals surface area contributed by atoms with Crippen LogP contribution in [0.25, 0.3) is 72.3 Å². The van der Waals surface area contributed by atoms with Gasteiger partial charge in [0.05, 0.1) is 23.1 Å². The zero-order chi connectivity index (χ0) is 41.2. The van der Waals surface area contributed by atoms with Crippen molar-refractivity contribution in [3.63, 3.8) is 0 Å². The first-order valence-corrected chi connectivity index (χ1v) is 21.5. The molecule has 11 rings (SSSR count). The minimum Gasteiger partial charge on any atom is -0.374 e. The Hall–Kier alpha value is -7.88. The van der Waals surface area contributed by atoms with Crippen LogP contribution in [0.5, 0.6) is 0 Å². The van der Waals surface area contributed by atoms with Gasteiger partial charge in [-0.2, -0.15) is 0 Å². The van der Waals surface area contributed by atoms with Crippen molar-refractivity contribution in [3.8, 4) is 44.8 Å². The predicted molar refractivity (Wildman–Crippen MR) is 259 cm³/mol. The van der Waals surface area contributed by atoms with E-state index >= 15 is 0 Å². The van der Waals surface area contributed by atoms with E-state index in [4.69, 9.17) is 9.97 Å². The third kappa shape index (κ3) is 7.24. The smallest absolute Gasteiger partial charge is 0.160 e. The zero-order valence-corrected chi connectivity index (χ0v) is 34.2. The van der Waals surface area contributed by atoms with Gasteiger partial charge in [0.25, 0.3) is 0 Å². The lowest BCUT2D eigenvalue weighted by molar-refractivity contribution is 0.975. The molecule has 0 radical (unpaired) electrons. The molecule has 1 aliphatic heterocycles. The van der Waals surface area contributed by atoms with Crippen molar-refractivity contribution in [2.45, 2.75) is 18.9 Å². The summed E-state index contributed by atoms with van der Waals surface area (Å²) in [6, 6.07) is 73.7. The van der Waals surface area contributed by atoms with Crippen molar-refractivity contribution >= 4 is 33.2 Å². The topological polar surface area (TPSA) is 37.8 Å². The second-order valence-electron chi connectivity index (χ2n) is 16.1. The number of nitrogens with one attached hydrogen (secondary N) is 1. The molecule has 0 spiro atoms. The van der Waals surface area contributed by atoms with E-state index in [0.29, 0.717) is 0 Å². The van der Waals surface area contributed by atoms with Crippen molar-refractivity contribution < 1.29 is 0 Å². The fraction of sp³-hybridized carbons (Fsp3) is 0.0508. The molecule has 9 aromatic rings. The molecule has 1 aromatic heterocycles. The van der Waals surface area contributed by atoms with Crippen LogP contribution in [0.3, 0.4) is 0 Å². The molecular formula is C59H43N3. The summed E-state index contributed by atoms with van der Waals surface area (Å²) in [5.41, 5.74) is 18.1. The summed E-state index contributed by atoms with van der Waals surface area (Å²) in [6.45, 7) is 0. The largest absolute Gasteiger partial charge is 0.374 e. The van der Waals surface area contributed by atoms with Gasteiger partial charge in [0.1, 0.15) is 0 Å². The summed E-state index contributed by atoms with van der Waals surface area (Å²) in [5, 5.41) is 6.46. The van der Waals surface area contributed by atoms with Gasteiger partial charge >= 0.3 is 0 Å². The number of anilines is 1. The van der Waals surface area contributed by atoms with Gasteiger partial charge in [-0.1, -0.05) is 188 Å². The third-order valence-corrected chi connectivity index (χ3v) is 12.2. The van der Waals surface area contributed by atoms with E-state index in [1.54, 1.807) is 0 Å². The van der Waals surface area contributed by atoms with Crippen LogP contribution in [-0.2, 0) is 0 Å². The van der Waals surface area contributed by atoms with Crippen LogP contribution < -0.4 is 5.32 Å². The summed E-state index contributed by atoms with van der Waals surface area (Å²) in [4.78, 5) is 10.7. The first-order chi connectivity index (χ1) is 30.7. The molecule has 8 aromatic carbocycles. The number of benzene rings is 8. The van der Waals surface area contributed by atoms with Gasteiger partial charge in [-0.25, -0.2) is 9.97 Å². The second kappa shape index (κ2) is 16.3. The van der Waals surface area contributed by atoms with E-state index in [1.807, 2.05) is 0 Å². The fourth-order valence-corrected chi connectivity index (χ4v) is 9.09. The Morgan fingerprint density at radius 3 is 1.74 bits per heavy atom. The molecule has 0 amide bonds. The molecule has 294 valence electrons. The number of nitrogens with zero attached hydrogens (tertiary/aromatic N) is 2. The summed E-state index contributed by atoms with van der Waals surface area (Å²) < 4.78 is 0. The van der Waals surface area contributed by atoms with Crippen molar-refractivity contribution in [1.82, 2.24) is 9.97 Å². The van der Waals surface area contributed by atoms with E-state index in [0.717, 1.165) is 69.1 Å². The van der Waals surface area contributed by atoms with Crippen LogP contribution >= 0.6 is 0 Å². The predicted octanol–water partition coefficient (Wildman–Crippen LogP) is 15.2. The van der Waals surface area contributed by atoms with Crippen LogP contribution in [0.2, 0.25) is 0 Å². The number of rotatable bonds is 8. The van der Waals surface area contributed by atoms with Gasteiger partial charge in [-0.05, 0) is 105 Å². The van der Waals surface area contributed by atoms with Gasteiger partial charge in [-0.15, -0.1) is 0 Å². The van der Waals surface area contributed by atoms with E-state index in [9.17, 15) is 0 Å². The lowest BCUT2D eigenvalue weighted by atomic mass is 9.83. The van der Waals surface area contributed by atoms with E-state index in [-0.39, 0.29) is 6.04 Å². The molecule has 1 aliphatic carbocycles. The Kier molecular flexibility index (Phi) is 9.76. The highest BCUT2D eigenvalue weighted by Crippen LogP contribution is 2.48. The average molecular weight is 794 g/mol. The van der Waals surface area contributed by atoms with Crippen molar-refractivity contribution in [2.24, 2.45) is 0 Å². The SMILES string of the molecule is C1=C(c2ccccc2)CCC=C1c1nc(-c2cccc(-c3ccccc3)c2)cc(-c2cccc(-c3cc4ccccc4c4c3NC(c3ccccc3)C=C4c3ccccc3)c2)n1. The minimum absolute atomic E-state index is 0.0155. The summed E-state index contributed by atoms with van der Waals surface area (Å²) in [5.74, 6) is 0.731. The molecule has 3 nitrogen and oxygen atoms in total. The number of fused-ring (bicyclic) bond motifs is 3. The van der Waals surface area contributed by atoms with Gasteiger partial charge in [0.15, 0.2) is 5.82 Å². The van der Waals surface area contributed by atoms with Crippen LogP contribution in [0.4, 0.5) is 5.69 Å². The molecule has 1 unspecified atom stereocenters. The molecule has 1 N–H and O–H groups in total. The Bertz CT molecular complexity index is 3180. The van der Waals surface area contributed by atoms with Crippen LogP contribution in [0.1, 0.15) is 47.0 Å². The minimum atomic E-state index is -0.0155. The quantitative estimate of drug-likeness (QED) is 0.166. The molecular weight excluding hydrogens is 751 g/mol. The highest BCUT2D eigenvalue weighted by molar-refractivity contribution is 6.09. The number of hydrogen-bond donors (Lipinski definition) is 1. The second-order valence-corrected chi connectivity index (χ2v) is 16.1. The van der Waals surface area contributed by atoms with E-state index < -0.39 is 0 Å². The lowest BCUT2D eigenvalue weighted by Crippen LogP contribution is -2.16. The molecule has 2 aliphatic rings. The van der Waals surface area contributed by atoms with Crippen LogP contribution in [0.15, 0.2) is 224 Å². The first-order valence-electron chi connectivity index (χ1n) is 21.5. The molecule has 0 fully saturated rings. The summed E-state index contributed by atoms with van der Waals surface area (Å²) in [6.07, 6.45) is 8.89. The van der Waals surface area contributed by atoms with E-state index in [2.05, 4.69) is 230 Å². The number of aromatic nitrogens is 2. The Balaban J connectivity index is 1.08. The maximum atomic E-state index is 5.39. The standard InChI is InChI=1S/C59H43N3/c1-5-18-40(19-6-1)44-27-15-30-48(34-44)55-39-56(62-59(61-55)50-32-16-28-45(35-50)41-20-7-2-8-21-41)49-31-17-29-46(36-49)53-37-47-26-13-14-33-51(47)57-52(42-22-9-3-10-23-42)38-54(60-58(53)57)43-24-11-4-12-25-43/h1-15,17-27,29-39,54,60H,16,28H2. The van der Waals surface area contributed by atoms with Crippen LogP contribution in [-0.4, -0.2) is 9.97 Å². The summed E-state index contributed by atoms with van der Waals surface area (Å²) in [7, 11) is 0. The van der Waals surface area contributed by atoms with Crippen molar-refractivity contribution in [3.05, 3.63) is 253 Å². The third-order valence-electron chi connectivity index (χ3n) is 12.2. The maximum Gasteiger partial charge on any atom is 0.160 e.